The van der Waals surface area contributed by atoms with Crippen molar-refractivity contribution in [2.75, 3.05) is 44.2 Å². The van der Waals surface area contributed by atoms with Crippen molar-refractivity contribution in [1.82, 2.24) is 24.8 Å². The number of likely N-dealkylation sites (tertiary alicyclic amines) is 1. The Kier molecular flexibility index (Phi) is 5.64. The molecule has 0 aromatic carbocycles. The molecule has 1 aliphatic rings. The van der Waals surface area contributed by atoms with Gasteiger partial charge in [-0.05, 0) is 39.8 Å². The van der Waals surface area contributed by atoms with Crippen molar-refractivity contribution in [2.24, 2.45) is 0 Å². The molecule has 0 unspecified atom stereocenters. The molecule has 2 aromatic rings. The largest absolute Gasteiger partial charge is 0.351 e. The van der Waals surface area contributed by atoms with E-state index in [2.05, 4.69) is 25.2 Å². The van der Waals surface area contributed by atoms with Crippen molar-refractivity contribution in [3.63, 3.8) is 0 Å². The van der Waals surface area contributed by atoms with Gasteiger partial charge in [0.05, 0.1) is 0 Å². The summed E-state index contributed by atoms with van der Waals surface area (Å²) in [7, 11) is 0. The summed E-state index contributed by atoms with van der Waals surface area (Å²) < 4.78 is 1.23. The Bertz CT molecular complexity index is 792. The summed E-state index contributed by atoms with van der Waals surface area (Å²) in [5, 5.41) is 7.89. The van der Waals surface area contributed by atoms with Gasteiger partial charge in [-0.3, -0.25) is 9.59 Å². The number of fused-ring (bicyclic) bond motifs is 1. The first-order valence-electron chi connectivity index (χ1n) is 8.78. The molecule has 3 rings (SSSR count). The van der Waals surface area contributed by atoms with Gasteiger partial charge < -0.3 is 15.1 Å². The van der Waals surface area contributed by atoms with Gasteiger partial charge in [0, 0.05) is 32.4 Å². The van der Waals surface area contributed by atoms with E-state index in [1.165, 1.54) is 34.9 Å². The van der Waals surface area contributed by atoms with Crippen LogP contribution in [0.2, 0.25) is 0 Å². The quantitative estimate of drug-likeness (QED) is 0.783. The molecule has 0 bridgehead atoms. The molecule has 1 fully saturated rings. The minimum atomic E-state index is -0.418. The molecule has 1 N–H and O–H groups in total. The van der Waals surface area contributed by atoms with E-state index >= 15 is 0 Å². The van der Waals surface area contributed by atoms with Crippen LogP contribution < -0.4 is 15.8 Å². The molecule has 1 saturated heterocycles. The van der Waals surface area contributed by atoms with Crippen LogP contribution in [-0.4, -0.2) is 64.7 Å². The average molecular weight is 364 g/mol. The lowest BCUT2D eigenvalue weighted by molar-refractivity contribution is 0.0947. The number of hydrogen-bond acceptors (Lipinski definition) is 7. The number of hydrogen-bond donors (Lipinski definition) is 1. The molecule has 0 radical (unpaired) electrons. The summed E-state index contributed by atoms with van der Waals surface area (Å²) >= 11 is 1.35. The Morgan fingerprint density at radius 2 is 2.04 bits per heavy atom. The summed E-state index contributed by atoms with van der Waals surface area (Å²) in [6.45, 7) is 9.17. The van der Waals surface area contributed by atoms with Crippen LogP contribution in [-0.2, 0) is 0 Å². The molecule has 3 heterocycles. The van der Waals surface area contributed by atoms with Gasteiger partial charge in [0.25, 0.3) is 11.5 Å². The highest BCUT2D eigenvalue weighted by atomic mass is 32.1. The normalized spacial score (nSPS) is 15.0. The summed E-state index contributed by atoms with van der Waals surface area (Å²) in [6.07, 6.45) is 3.79. The molecule has 1 amide bonds. The highest BCUT2D eigenvalue weighted by Gasteiger charge is 2.18. The number of aromatic nitrogens is 3. The van der Waals surface area contributed by atoms with Crippen LogP contribution in [0.1, 0.15) is 37.0 Å². The zero-order valence-corrected chi connectivity index (χ0v) is 15.5. The van der Waals surface area contributed by atoms with E-state index in [4.69, 9.17) is 0 Å². The maximum absolute atomic E-state index is 12.6. The molecule has 0 atom stereocenters. The molecule has 9 heteroatoms. The van der Waals surface area contributed by atoms with Gasteiger partial charge in [0.1, 0.15) is 5.56 Å². The lowest BCUT2D eigenvalue weighted by atomic mass is 10.3. The predicted molar refractivity (Wildman–Crippen MR) is 98.7 cm³/mol. The van der Waals surface area contributed by atoms with Crippen molar-refractivity contribution < 1.29 is 4.79 Å². The third kappa shape index (κ3) is 3.82. The lowest BCUT2D eigenvalue weighted by Crippen LogP contribution is -2.36. The molecule has 25 heavy (non-hydrogen) atoms. The number of nitrogens with zero attached hydrogens (tertiary/aromatic N) is 5. The Balaban J connectivity index is 1.73. The van der Waals surface area contributed by atoms with Crippen LogP contribution in [0, 0.1) is 0 Å². The lowest BCUT2D eigenvalue weighted by Gasteiger charge is -2.15. The Hall–Kier alpha value is -2.00. The second-order valence-electron chi connectivity index (χ2n) is 6.03. The summed E-state index contributed by atoms with van der Waals surface area (Å²) in [5.41, 5.74) is -0.381. The van der Waals surface area contributed by atoms with Gasteiger partial charge in [0.2, 0.25) is 10.1 Å². The molecule has 0 aliphatic carbocycles. The zero-order chi connectivity index (χ0) is 17.8. The van der Waals surface area contributed by atoms with Gasteiger partial charge in [-0.1, -0.05) is 11.3 Å². The van der Waals surface area contributed by atoms with Crippen molar-refractivity contribution in [3.8, 4) is 0 Å². The standard InChI is InChI=1S/C16H24N6O2S/c1-3-21(4-2)16-19-22-14(24)12(11-18-15(22)25-16)13(23)17-7-10-20-8-5-6-9-20/h11H,3-10H2,1-2H3,(H,17,23). The molecule has 136 valence electrons. The molecule has 0 saturated carbocycles. The highest BCUT2D eigenvalue weighted by Crippen LogP contribution is 2.20. The average Bonchev–Trinajstić information content (AvgIpc) is 3.26. The van der Waals surface area contributed by atoms with E-state index in [0.29, 0.717) is 11.5 Å². The van der Waals surface area contributed by atoms with Crippen molar-refractivity contribution >= 4 is 27.3 Å². The third-order valence-corrected chi connectivity index (χ3v) is 5.45. The van der Waals surface area contributed by atoms with Gasteiger partial charge in [0.15, 0.2) is 0 Å². The Morgan fingerprint density at radius 1 is 1.32 bits per heavy atom. The van der Waals surface area contributed by atoms with Crippen LogP contribution in [0.15, 0.2) is 11.0 Å². The van der Waals surface area contributed by atoms with Crippen LogP contribution in [0.25, 0.3) is 4.96 Å². The number of rotatable bonds is 7. The van der Waals surface area contributed by atoms with E-state index in [-0.39, 0.29) is 11.5 Å². The first-order chi connectivity index (χ1) is 12.1. The summed E-state index contributed by atoms with van der Waals surface area (Å²) in [5.74, 6) is -0.386. The van der Waals surface area contributed by atoms with Gasteiger partial charge in [-0.25, -0.2) is 4.98 Å². The van der Waals surface area contributed by atoms with Crippen LogP contribution in [0.4, 0.5) is 5.13 Å². The van der Waals surface area contributed by atoms with Crippen molar-refractivity contribution in [1.29, 1.82) is 0 Å². The van der Waals surface area contributed by atoms with Crippen LogP contribution in [0.3, 0.4) is 0 Å². The predicted octanol–water partition coefficient (Wildman–Crippen LogP) is 0.823. The minimum Gasteiger partial charge on any atom is -0.351 e. The van der Waals surface area contributed by atoms with Crippen molar-refractivity contribution in [3.05, 3.63) is 22.1 Å². The Labute approximate surface area is 150 Å². The molecular formula is C16H24N6O2S. The smallest absolute Gasteiger partial charge is 0.288 e. The first-order valence-corrected chi connectivity index (χ1v) is 9.60. The number of anilines is 1. The van der Waals surface area contributed by atoms with Crippen LogP contribution >= 0.6 is 11.3 Å². The second kappa shape index (κ2) is 7.92. The van der Waals surface area contributed by atoms with E-state index in [1.807, 2.05) is 13.8 Å². The first kappa shape index (κ1) is 17.8. The maximum Gasteiger partial charge on any atom is 0.288 e. The van der Waals surface area contributed by atoms with E-state index in [0.717, 1.165) is 37.9 Å². The van der Waals surface area contributed by atoms with Gasteiger partial charge in [-0.2, -0.15) is 4.52 Å². The number of nitrogens with one attached hydrogen (secondary N) is 1. The third-order valence-electron chi connectivity index (χ3n) is 4.47. The summed E-state index contributed by atoms with van der Waals surface area (Å²) in [4.78, 5) is 34.0. The molecular weight excluding hydrogens is 340 g/mol. The zero-order valence-electron chi connectivity index (χ0n) is 14.7. The fourth-order valence-electron chi connectivity index (χ4n) is 2.98. The molecule has 1 aliphatic heterocycles. The monoisotopic (exact) mass is 364 g/mol. The number of carbonyl (C=O) groups excluding carboxylic acids is 1. The SMILES string of the molecule is CCN(CC)c1nn2c(=O)c(C(=O)NCCN3CCCC3)cnc2s1. The van der Waals surface area contributed by atoms with Gasteiger partial charge in [-0.15, -0.1) is 5.10 Å². The molecule has 8 nitrogen and oxygen atoms in total. The number of amides is 1. The maximum atomic E-state index is 12.6. The van der Waals surface area contributed by atoms with Crippen molar-refractivity contribution in [2.45, 2.75) is 26.7 Å². The highest BCUT2D eigenvalue weighted by molar-refractivity contribution is 7.20. The van der Waals surface area contributed by atoms with Crippen LogP contribution in [0.5, 0.6) is 0 Å². The second-order valence-corrected chi connectivity index (χ2v) is 6.97. The Morgan fingerprint density at radius 3 is 2.72 bits per heavy atom. The van der Waals surface area contributed by atoms with Gasteiger partial charge >= 0.3 is 0 Å². The van der Waals surface area contributed by atoms with E-state index in [9.17, 15) is 9.59 Å². The van der Waals surface area contributed by atoms with E-state index in [1.54, 1.807) is 0 Å². The topological polar surface area (TPSA) is 82.8 Å². The van der Waals surface area contributed by atoms with E-state index < -0.39 is 5.56 Å². The molecule has 0 spiro atoms. The fraction of sp³-hybridized carbons (Fsp3) is 0.625. The minimum absolute atomic E-state index is 0.0373. The fourth-order valence-corrected chi connectivity index (χ4v) is 3.97. The number of carbonyl (C=O) groups is 1. The molecule has 2 aromatic heterocycles. The summed E-state index contributed by atoms with van der Waals surface area (Å²) in [6, 6.07) is 0.